The number of halogens is 1. The van der Waals surface area contributed by atoms with Crippen molar-refractivity contribution in [2.24, 2.45) is 0 Å². The van der Waals surface area contributed by atoms with E-state index in [1.807, 2.05) is 13.8 Å². The van der Waals surface area contributed by atoms with Crippen molar-refractivity contribution >= 4 is 31.6 Å². The standard InChI is InChI=1S/C4H10IO3P/c1-3-6-9(8-5)7-4-2/h3-4H2,1-2H3. The first-order valence-corrected chi connectivity index (χ1v) is 4.67. The lowest BCUT2D eigenvalue weighted by atomic mass is 10.9. The first kappa shape index (κ1) is 10.0. The van der Waals surface area contributed by atoms with E-state index < -0.39 is 8.60 Å². The molecule has 0 aliphatic rings. The molecule has 56 valence electrons. The summed E-state index contributed by atoms with van der Waals surface area (Å²) in [7, 11) is -1.07. The minimum absolute atomic E-state index is 0.634. The van der Waals surface area contributed by atoms with Gasteiger partial charge in [0.15, 0.2) is 0 Å². The molecule has 0 saturated heterocycles. The molecular formula is C4H10IO3P. The molecule has 0 saturated carbocycles. The van der Waals surface area contributed by atoms with Gasteiger partial charge in [-0.3, -0.25) is 0 Å². The molecule has 0 radical (unpaired) electrons. The van der Waals surface area contributed by atoms with Gasteiger partial charge in [-0.25, -0.2) is 2.85 Å². The highest BCUT2D eigenvalue weighted by Gasteiger charge is 2.07. The van der Waals surface area contributed by atoms with Crippen molar-refractivity contribution in [2.45, 2.75) is 13.8 Å². The highest BCUT2D eigenvalue weighted by atomic mass is 127. The maximum Gasteiger partial charge on any atom is 0.342 e. The molecule has 0 heterocycles. The van der Waals surface area contributed by atoms with Gasteiger partial charge >= 0.3 is 8.60 Å². The first-order chi connectivity index (χ1) is 4.35. The molecule has 0 fully saturated rings. The maximum atomic E-state index is 5.04. The Kier molecular flexibility index (Phi) is 7.98. The molecule has 0 rings (SSSR count). The molecule has 0 amide bonds. The minimum Gasteiger partial charge on any atom is -0.312 e. The maximum absolute atomic E-state index is 5.04. The molecule has 0 spiro atoms. The van der Waals surface area contributed by atoms with Crippen LogP contribution in [0.3, 0.4) is 0 Å². The van der Waals surface area contributed by atoms with Crippen LogP contribution in [0.1, 0.15) is 13.8 Å². The average Bonchev–Trinajstić information content (AvgIpc) is 1.88. The van der Waals surface area contributed by atoms with Gasteiger partial charge in [0.2, 0.25) is 0 Å². The van der Waals surface area contributed by atoms with Crippen LogP contribution < -0.4 is 0 Å². The molecule has 5 heteroatoms. The molecule has 9 heavy (non-hydrogen) atoms. The van der Waals surface area contributed by atoms with Gasteiger partial charge in [-0.1, -0.05) is 0 Å². The van der Waals surface area contributed by atoms with Crippen molar-refractivity contribution in [2.75, 3.05) is 13.2 Å². The lowest BCUT2D eigenvalue weighted by molar-refractivity contribution is 0.235. The Morgan fingerprint density at radius 2 is 1.67 bits per heavy atom. The zero-order chi connectivity index (χ0) is 7.11. The first-order valence-electron chi connectivity index (χ1n) is 2.69. The SMILES string of the molecule is CCOP(OI)OCC. The van der Waals surface area contributed by atoms with Gasteiger partial charge in [-0.05, 0) is 13.8 Å². The summed E-state index contributed by atoms with van der Waals surface area (Å²) in [5, 5.41) is 0. The van der Waals surface area contributed by atoms with Crippen molar-refractivity contribution < 1.29 is 11.9 Å². The zero-order valence-electron chi connectivity index (χ0n) is 5.46. The van der Waals surface area contributed by atoms with E-state index in [1.165, 1.54) is 0 Å². The molecule has 0 N–H and O–H groups in total. The minimum atomic E-state index is -1.07. The summed E-state index contributed by atoms with van der Waals surface area (Å²) in [5.41, 5.74) is 0. The Labute approximate surface area is 70.7 Å². The third kappa shape index (κ3) is 5.48. The fraction of sp³-hybridized carbons (Fsp3) is 1.00. The van der Waals surface area contributed by atoms with E-state index in [-0.39, 0.29) is 0 Å². The Morgan fingerprint density at radius 3 is 1.89 bits per heavy atom. The lowest BCUT2D eigenvalue weighted by Gasteiger charge is -2.09. The predicted molar refractivity (Wildman–Crippen MR) is 45.3 cm³/mol. The summed E-state index contributed by atoms with van der Waals surface area (Å²) >= 11 is 1.77. The Morgan fingerprint density at radius 1 is 1.22 bits per heavy atom. The molecule has 0 bridgehead atoms. The molecule has 0 aliphatic carbocycles. The van der Waals surface area contributed by atoms with Gasteiger partial charge in [-0.2, -0.15) is 0 Å². The summed E-state index contributed by atoms with van der Waals surface area (Å²) in [4.78, 5) is 0. The van der Waals surface area contributed by atoms with Crippen molar-refractivity contribution in [3.8, 4) is 0 Å². The smallest absolute Gasteiger partial charge is 0.312 e. The number of hydrogen-bond donors (Lipinski definition) is 0. The summed E-state index contributed by atoms with van der Waals surface area (Å²) < 4.78 is 14.9. The van der Waals surface area contributed by atoms with Crippen LogP contribution in [-0.4, -0.2) is 13.2 Å². The molecule has 0 aromatic rings. The van der Waals surface area contributed by atoms with Crippen molar-refractivity contribution in [1.82, 2.24) is 0 Å². The third-order valence-corrected chi connectivity index (χ3v) is 2.54. The topological polar surface area (TPSA) is 27.7 Å². The Bertz CT molecular complexity index is 57.8. The highest BCUT2D eigenvalue weighted by molar-refractivity contribution is 14.1. The summed E-state index contributed by atoms with van der Waals surface area (Å²) in [6.07, 6.45) is 0. The lowest BCUT2D eigenvalue weighted by Crippen LogP contribution is -1.88. The van der Waals surface area contributed by atoms with Crippen LogP contribution >= 0.6 is 31.6 Å². The molecule has 0 atom stereocenters. The summed E-state index contributed by atoms with van der Waals surface area (Å²) in [6.45, 7) is 5.08. The largest absolute Gasteiger partial charge is 0.342 e. The monoisotopic (exact) mass is 264 g/mol. The molecule has 0 aromatic heterocycles. The summed E-state index contributed by atoms with van der Waals surface area (Å²) in [5.74, 6) is 0. The molecular weight excluding hydrogens is 254 g/mol. The Balaban J connectivity index is 3.18. The third-order valence-electron chi connectivity index (χ3n) is 0.525. The summed E-state index contributed by atoms with van der Waals surface area (Å²) in [6, 6.07) is 0. The van der Waals surface area contributed by atoms with Gasteiger partial charge in [0.1, 0.15) is 23.0 Å². The van der Waals surface area contributed by atoms with Gasteiger partial charge in [-0.15, -0.1) is 0 Å². The van der Waals surface area contributed by atoms with E-state index in [0.717, 1.165) is 0 Å². The van der Waals surface area contributed by atoms with E-state index in [4.69, 9.17) is 11.9 Å². The van der Waals surface area contributed by atoms with Gasteiger partial charge < -0.3 is 9.05 Å². The predicted octanol–water partition coefficient (Wildman–Crippen LogP) is 2.65. The van der Waals surface area contributed by atoms with Crippen molar-refractivity contribution in [3.63, 3.8) is 0 Å². The van der Waals surface area contributed by atoms with E-state index in [0.29, 0.717) is 13.2 Å². The normalized spacial score (nSPS) is 10.7. The zero-order valence-corrected chi connectivity index (χ0v) is 8.52. The highest BCUT2D eigenvalue weighted by Crippen LogP contribution is 2.41. The average molecular weight is 264 g/mol. The molecule has 3 nitrogen and oxygen atoms in total. The van der Waals surface area contributed by atoms with Crippen LogP contribution in [0.4, 0.5) is 0 Å². The molecule has 0 aromatic carbocycles. The van der Waals surface area contributed by atoms with E-state index in [2.05, 4.69) is 0 Å². The van der Waals surface area contributed by atoms with Crippen molar-refractivity contribution in [3.05, 3.63) is 0 Å². The van der Waals surface area contributed by atoms with Crippen LogP contribution in [0.5, 0.6) is 0 Å². The fourth-order valence-corrected chi connectivity index (χ4v) is 1.55. The quantitative estimate of drug-likeness (QED) is 0.564. The van der Waals surface area contributed by atoms with Crippen LogP contribution in [0.25, 0.3) is 0 Å². The number of hydrogen-bond acceptors (Lipinski definition) is 3. The van der Waals surface area contributed by atoms with Crippen LogP contribution in [0.15, 0.2) is 0 Å². The van der Waals surface area contributed by atoms with Crippen molar-refractivity contribution in [1.29, 1.82) is 0 Å². The van der Waals surface area contributed by atoms with E-state index in [1.54, 1.807) is 23.0 Å². The van der Waals surface area contributed by atoms with E-state index in [9.17, 15) is 0 Å². The second-order valence-electron chi connectivity index (χ2n) is 1.13. The number of rotatable bonds is 5. The van der Waals surface area contributed by atoms with Gasteiger partial charge in [0.05, 0.1) is 13.2 Å². The van der Waals surface area contributed by atoms with Crippen LogP contribution in [0, 0.1) is 0 Å². The van der Waals surface area contributed by atoms with Crippen LogP contribution in [-0.2, 0) is 11.9 Å². The molecule has 0 aliphatic heterocycles. The second-order valence-corrected chi connectivity index (χ2v) is 3.41. The molecule has 0 unspecified atom stereocenters. The van der Waals surface area contributed by atoms with E-state index >= 15 is 0 Å². The second kappa shape index (κ2) is 7.15. The fourth-order valence-electron chi connectivity index (χ4n) is 0.288. The van der Waals surface area contributed by atoms with Crippen LogP contribution in [0.2, 0.25) is 0 Å². The Hall–Kier alpha value is 1.04. The van der Waals surface area contributed by atoms with Gasteiger partial charge in [0, 0.05) is 0 Å². The van der Waals surface area contributed by atoms with Gasteiger partial charge in [0.25, 0.3) is 0 Å².